The Morgan fingerprint density at radius 3 is 2.65 bits per heavy atom. The van der Waals surface area contributed by atoms with Crippen LogP contribution in [0.3, 0.4) is 0 Å². The molecular formula is C13H25NO3. The largest absolute Gasteiger partial charge is 0.444 e. The summed E-state index contributed by atoms with van der Waals surface area (Å²) >= 11 is 0. The summed E-state index contributed by atoms with van der Waals surface area (Å²) in [6, 6.07) is 0. The molecule has 17 heavy (non-hydrogen) atoms. The number of hydrogen-bond acceptors (Lipinski definition) is 3. The number of carbonyl (C=O) groups excluding carboxylic acids is 1. The molecular weight excluding hydrogens is 218 g/mol. The van der Waals surface area contributed by atoms with E-state index in [1.807, 2.05) is 20.8 Å². The molecule has 1 rings (SSSR count). The van der Waals surface area contributed by atoms with Crippen LogP contribution in [0.15, 0.2) is 0 Å². The molecule has 4 nitrogen and oxygen atoms in total. The third-order valence-electron chi connectivity index (χ3n) is 3.30. The van der Waals surface area contributed by atoms with Gasteiger partial charge in [0.2, 0.25) is 0 Å². The molecule has 1 heterocycles. The zero-order chi connectivity index (χ0) is 13.1. The van der Waals surface area contributed by atoms with Gasteiger partial charge in [0.25, 0.3) is 0 Å². The number of amides is 1. The Kier molecular flexibility index (Phi) is 4.80. The predicted molar refractivity (Wildman–Crippen MR) is 66.8 cm³/mol. The normalized spacial score (nSPS) is 22.6. The first-order chi connectivity index (χ1) is 7.87. The third kappa shape index (κ3) is 4.19. The molecule has 2 unspecified atom stereocenters. The van der Waals surface area contributed by atoms with Gasteiger partial charge in [0.15, 0.2) is 0 Å². The highest BCUT2D eigenvalue weighted by molar-refractivity contribution is 5.68. The van der Waals surface area contributed by atoms with Gasteiger partial charge < -0.3 is 14.7 Å². The Hall–Kier alpha value is -0.770. The van der Waals surface area contributed by atoms with Crippen molar-refractivity contribution < 1.29 is 14.6 Å². The second-order valence-electron chi connectivity index (χ2n) is 5.83. The summed E-state index contributed by atoms with van der Waals surface area (Å²) in [4.78, 5) is 13.6. The Labute approximate surface area is 104 Å². The van der Waals surface area contributed by atoms with E-state index in [0.717, 1.165) is 19.4 Å². The van der Waals surface area contributed by atoms with Crippen LogP contribution in [0.1, 0.15) is 40.5 Å². The fourth-order valence-electron chi connectivity index (χ4n) is 2.28. The minimum Gasteiger partial charge on any atom is -0.444 e. The first kappa shape index (κ1) is 14.3. The van der Waals surface area contributed by atoms with Crippen molar-refractivity contribution in [1.82, 2.24) is 4.90 Å². The van der Waals surface area contributed by atoms with Gasteiger partial charge >= 0.3 is 6.09 Å². The molecule has 4 heteroatoms. The molecule has 0 bridgehead atoms. The van der Waals surface area contributed by atoms with E-state index in [1.165, 1.54) is 0 Å². The fraction of sp³-hybridized carbons (Fsp3) is 0.923. The summed E-state index contributed by atoms with van der Waals surface area (Å²) in [5, 5.41) is 9.26. The average Bonchev–Trinajstić information content (AvgIpc) is 2.66. The summed E-state index contributed by atoms with van der Waals surface area (Å²) < 4.78 is 5.34. The number of ether oxygens (including phenoxy) is 1. The van der Waals surface area contributed by atoms with E-state index in [9.17, 15) is 9.90 Å². The van der Waals surface area contributed by atoms with Crippen molar-refractivity contribution in [3.63, 3.8) is 0 Å². The highest BCUT2D eigenvalue weighted by Gasteiger charge is 2.32. The van der Waals surface area contributed by atoms with Gasteiger partial charge in [-0.2, -0.15) is 0 Å². The second kappa shape index (κ2) is 5.71. The second-order valence-corrected chi connectivity index (χ2v) is 5.83. The Bertz CT molecular complexity index is 256. The lowest BCUT2D eigenvalue weighted by molar-refractivity contribution is 0.0278. The summed E-state index contributed by atoms with van der Waals surface area (Å²) in [6.07, 6.45) is 1.70. The maximum absolute atomic E-state index is 11.8. The maximum atomic E-state index is 11.8. The van der Waals surface area contributed by atoms with Crippen molar-refractivity contribution in [2.75, 3.05) is 19.7 Å². The zero-order valence-corrected chi connectivity index (χ0v) is 11.4. The average molecular weight is 243 g/mol. The van der Waals surface area contributed by atoms with Crippen LogP contribution in [0.2, 0.25) is 0 Å². The number of nitrogens with zero attached hydrogens (tertiary/aromatic N) is 1. The lowest BCUT2D eigenvalue weighted by atomic mass is 9.90. The van der Waals surface area contributed by atoms with Crippen molar-refractivity contribution in [3.05, 3.63) is 0 Å². The topological polar surface area (TPSA) is 49.8 Å². The molecule has 1 N–H and O–H groups in total. The fourth-order valence-corrected chi connectivity index (χ4v) is 2.28. The van der Waals surface area contributed by atoms with Gasteiger partial charge in [-0.1, -0.05) is 13.3 Å². The molecule has 0 spiro atoms. The Balaban J connectivity index is 2.47. The van der Waals surface area contributed by atoms with Gasteiger partial charge in [0, 0.05) is 19.7 Å². The van der Waals surface area contributed by atoms with E-state index in [1.54, 1.807) is 4.90 Å². The van der Waals surface area contributed by atoms with Crippen LogP contribution in [0.25, 0.3) is 0 Å². The summed E-state index contributed by atoms with van der Waals surface area (Å²) in [5.41, 5.74) is -0.434. The molecule has 2 atom stereocenters. The number of likely N-dealkylation sites (tertiary alicyclic amines) is 1. The van der Waals surface area contributed by atoms with Crippen molar-refractivity contribution in [2.24, 2.45) is 11.8 Å². The van der Waals surface area contributed by atoms with Crippen molar-refractivity contribution in [2.45, 2.75) is 46.1 Å². The van der Waals surface area contributed by atoms with Crippen molar-refractivity contribution in [1.29, 1.82) is 0 Å². The van der Waals surface area contributed by atoms with Gasteiger partial charge in [0.1, 0.15) is 5.60 Å². The minimum absolute atomic E-state index is 0.212. The van der Waals surface area contributed by atoms with Gasteiger partial charge in [-0.3, -0.25) is 0 Å². The minimum atomic E-state index is -0.434. The summed E-state index contributed by atoms with van der Waals surface area (Å²) in [5.74, 6) is 0.722. The van der Waals surface area contributed by atoms with E-state index in [4.69, 9.17) is 4.74 Å². The third-order valence-corrected chi connectivity index (χ3v) is 3.30. The Morgan fingerprint density at radius 1 is 1.53 bits per heavy atom. The van der Waals surface area contributed by atoms with Crippen molar-refractivity contribution >= 4 is 6.09 Å². The number of aliphatic hydroxyl groups is 1. The van der Waals surface area contributed by atoms with Crippen LogP contribution in [0.5, 0.6) is 0 Å². The predicted octanol–water partition coefficient (Wildman–Crippen LogP) is 2.26. The van der Waals surface area contributed by atoms with E-state index >= 15 is 0 Å². The molecule has 0 aromatic rings. The van der Waals surface area contributed by atoms with Gasteiger partial charge in [0.05, 0.1) is 0 Å². The SMILES string of the molecule is CCC(CO)C1CCN(C(=O)OC(C)(C)C)C1. The molecule has 0 radical (unpaired) electrons. The first-order valence-electron chi connectivity index (χ1n) is 6.46. The molecule has 1 aliphatic rings. The number of rotatable bonds is 3. The Morgan fingerprint density at radius 2 is 2.18 bits per heavy atom. The number of aliphatic hydroxyl groups excluding tert-OH is 1. The van der Waals surface area contributed by atoms with E-state index in [-0.39, 0.29) is 12.7 Å². The van der Waals surface area contributed by atoms with Gasteiger partial charge in [-0.15, -0.1) is 0 Å². The van der Waals surface area contributed by atoms with E-state index in [0.29, 0.717) is 18.4 Å². The summed E-state index contributed by atoms with van der Waals surface area (Å²) in [7, 11) is 0. The molecule has 1 amide bonds. The lowest BCUT2D eigenvalue weighted by Crippen LogP contribution is -2.36. The lowest BCUT2D eigenvalue weighted by Gasteiger charge is -2.25. The highest BCUT2D eigenvalue weighted by atomic mass is 16.6. The smallest absolute Gasteiger partial charge is 0.410 e. The van der Waals surface area contributed by atoms with E-state index < -0.39 is 5.60 Å². The standard InChI is InChI=1S/C13H25NO3/c1-5-10(9-15)11-6-7-14(8-11)12(16)17-13(2,3)4/h10-11,15H,5-9H2,1-4H3. The van der Waals surface area contributed by atoms with Crippen LogP contribution in [0, 0.1) is 11.8 Å². The molecule has 1 saturated heterocycles. The monoisotopic (exact) mass is 243 g/mol. The van der Waals surface area contributed by atoms with Gasteiger partial charge in [-0.05, 0) is 39.0 Å². The van der Waals surface area contributed by atoms with E-state index in [2.05, 4.69) is 6.92 Å². The van der Waals surface area contributed by atoms with Crippen LogP contribution in [-0.4, -0.2) is 41.4 Å². The molecule has 0 aromatic carbocycles. The quantitative estimate of drug-likeness (QED) is 0.827. The van der Waals surface area contributed by atoms with Crippen molar-refractivity contribution in [3.8, 4) is 0 Å². The highest BCUT2D eigenvalue weighted by Crippen LogP contribution is 2.27. The molecule has 1 aliphatic heterocycles. The maximum Gasteiger partial charge on any atom is 0.410 e. The number of carbonyl (C=O) groups is 1. The molecule has 0 saturated carbocycles. The van der Waals surface area contributed by atoms with Gasteiger partial charge in [-0.25, -0.2) is 4.79 Å². The van der Waals surface area contributed by atoms with Crippen LogP contribution in [-0.2, 0) is 4.74 Å². The first-order valence-corrected chi connectivity index (χ1v) is 6.46. The number of hydrogen-bond donors (Lipinski definition) is 1. The molecule has 100 valence electrons. The zero-order valence-electron chi connectivity index (χ0n) is 11.4. The summed E-state index contributed by atoms with van der Waals surface area (Å²) in [6.45, 7) is 9.38. The van der Waals surface area contributed by atoms with Crippen LogP contribution < -0.4 is 0 Å². The van der Waals surface area contributed by atoms with Crippen LogP contribution in [0.4, 0.5) is 4.79 Å². The van der Waals surface area contributed by atoms with Crippen LogP contribution >= 0.6 is 0 Å². The molecule has 1 fully saturated rings. The molecule has 0 aliphatic carbocycles. The molecule has 0 aromatic heterocycles.